The average molecular weight is 273 g/mol. The Balaban J connectivity index is 1.65. The Morgan fingerprint density at radius 1 is 1.20 bits per heavy atom. The van der Waals surface area contributed by atoms with E-state index in [1.54, 1.807) is 0 Å². The molecule has 0 bridgehead atoms. The van der Waals surface area contributed by atoms with Crippen LogP contribution in [-0.2, 0) is 6.42 Å². The number of amides is 2. The lowest BCUT2D eigenvalue weighted by molar-refractivity contribution is 0.151. The van der Waals surface area contributed by atoms with Crippen molar-refractivity contribution in [2.45, 2.75) is 25.3 Å². The summed E-state index contributed by atoms with van der Waals surface area (Å²) in [4.78, 5) is 16.6. The van der Waals surface area contributed by atoms with Crippen molar-refractivity contribution in [3.8, 4) is 0 Å². The molecule has 2 aliphatic rings. The second-order valence-electron chi connectivity index (χ2n) is 5.88. The highest BCUT2D eigenvalue weighted by Crippen LogP contribution is 2.29. The lowest BCUT2D eigenvalue weighted by atomic mass is 9.88. The maximum absolute atomic E-state index is 12.4. The van der Waals surface area contributed by atoms with Crippen molar-refractivity contribution < 1.29 is 4.79 Å². The number of aryl methyl sites for hydroxylation is 1. The molecule has 2 amide bonds. The summed E-state index contributed by atoms with van der Waals surface area (Å²) < 4.78 is 0. The summed E-state index contributed by atoms with van der Waals surface area (Å²) in [7, 11) is 2.10. The third-order valence-electron chi connectivity index (χ3n) is 4.46. The Bertz CT molecular complexity index is 480. The van der Waals surface area contributed by atoms with Crippen molar-refractivity contribution in [1.29, 1.82) is 0 Å². The van der Waals surface area contributed by atoms with Gasteiger partial charge in [0.1, 0.15) is 0 Å². The maximum Gasteiger partial charge on any atom is 0.317 e. The lowest BCUT2D eigenvalue weighted by Gasteiger charge is -2.34. The van der Waals surface area contributed by atoms with E-state index in [1.807, 2.05) is 4.90 Å². The third-order valence-corrected chi connectivity index (χ3v) is 4.46. The van der Waals surface area contributed by atoms with Crippen molar-refractivity contribution in [3.63, 3.8) is 0 Å². The topological polar surface area (TPSA) is 35.6 Å². The molecule has 1 unspecified atom stereocenters. The smallest absolute Gasteiger partial charge is 0.317 e. The molecule has 1 saturated heterocycles. The molecule has 0 spiro atoms. The van der Waals surface area contributed by atoms with Gasteiger partial charge in [0.05, 0.1) is 6.04 Å². The van der Waals surface area contributed by atoms with Crippen molar-refractivity contribution >= 4 is 6.03 Å². The maximum atomic E-state index is 12.4. The molecule has 0 radical (unpaired) electrons. The number of likely N-dealkylation sites (N-methyl/N-ethyl adjacent to an activating group) is 1. The number of rotatable bonds is 1. The molecule has 1 fully saturated rings. The van der Waals surface area contributed by atoms with Gasteiger partial charge in [-0.25, -0.2) is 4.79 Å². The number of hydrogen-bond acceptors (Lipinski definition) is 2. The number of carbonyl (C=O) groups excluding carboxylic acids is 1. The van der Waals surface area contributed by atoms with Crippen molar-refractivity contribution in [2.24, 2.45) is 0 Å². The van der Waals surface area contributed by atoms with E-state index >= 15 is 0 Å². The molecule has 20 heavy (non-hydrogen) atoms. The Labute approximate surface area is 120 Å². The number of piperazine rings is 1. The Morgan fingerprint density at radius 2 is 1.95 bits per heavy atom. The Kier molecular flexibility index (Phi) is 3.92. The second-order valence-corrected chi connectivity index (χ2v) is 5.88. The van der Waals surface area contributed by atoms with Crippen LogP contribution in [0.3, 0.4) is 0 Å². The van der Waals surface area contributed by atoms with E-state index < -0.39 is 0 Å². The van der Waals surface area contributed by atoms with E-state index in [1.165, 1.54) is 11.1 Å². The minimum atomic E-state index is 0.0970. The quantitative estimate of drug-likeness (QED) is 0.849. The van der Waals surface area contributed by atoms with Crippen molar-refractivity contribution in [3.05, 3.63) is 35.4 Å². The van der Waals surface area contributed by atoms with E-state index in [0.29, 0.717) is 0 Å². The fourth-order valence-electron chi connectivity index (χ4n) is 3.15. The first-order chi connectivity index (χ1) is 9.74. The van der Waals surface area contributed by atoms with Crippen LogP contribution in [-0.4, -0.2) is 49.1 Å². The molecule has 1 aromatic rings. The van der Waals surface area contributed by atoms with E-state index in [2.05, 4.69) is 41.5 Å². The first-order valence-corrected chi connectivity index (χ1v) is 7.56. The van der Waals surface area contributed by atoms with Crippen LogP contribution in [0.25, 0.3) is 0 Å². The number of nitrogens with zero attached hydrogens (tertiary/aromatic N) is 2. The second kappa shape index (κ2) is 5.83. The van der Waals surface area contributed by atoms with Gasteiger partial charge in [-0.3, -0.25) is 0 Å². The van der Waals surface area contributed by atoms with Crippen LogP contribution in [0, 0.1) is 0 Å². The molecule has 0 aromatic heterocycles. The predicted octanol–water partition coefficient (Wildman–Crippen LogP) is 2.02. The summed E-state index contributed by atoms with van der Waals surface area (Å²) in [5.74, 6) is 0. The lowest BCUT2D eigenvalue weighted by Crippen LogP contribution is -2.51. The van der Waals surface area contributed by atoms with Gasteiger partial charge >= 0.3 is 6.03 Å². The molecule has 108 valence electrons. The van der Waals surface area contributed by atoms with Gasteiger partial charge in [-0.1, -0.05) is 24.3 Å². The van der Waals surface area contributed by atoms with Gasteiger partial charge in [-0.05, 0) is 37.4 Å². The first kappa shape index (κ1) is 13.4. The molecule has 1 atom stereocenters. The molecule has 1 aliphatic heterocycles. The summed E-state index contributed by atoms with van der Waals surface area (Å²) >= 11 is 0. The zero-order chi connectivity index (χ0) is 13.9. The molecule has 1 N–H and O–H groups in total. The van der Waals surface area contributed by atoms with Crippen LogP contribution in [0.5, 0.6) is 0 Å². The number of carbonyl (C=O) groups is 1. The number of fused-ring (bicyclic) bond motifs is 1. The van der Waals surface area contributed by atoms with Gasteiger partial charge in [0.25, 0.3) is 0 Å². The molecular formula is C16H23N3O. The summed E-state index contributed by atoms with van der Waals surface area (Å²) in [5, 5.41) is 3.23. The molecule has 1 aliphatic carbocycles. The van der Waals surface area contributed by atoms with E-state index in [4.69, 9.17) is 0 Å². The minimum absolute atomic E-state index is 0.0970. The number of hydrogen-bond donors (Lipinski definition) is 1. The van der Waals surface area contributed by atoms with Crippen LogP contribution in [0.15, 0.2) is 24.3 Å². The van der Waals surface area contributed by atoms with Crippen LogP contribution in [0.2, 0.25) is 0 Å². The van der Waals surface area contributed by atoms with Crippen molar-refractivity contribution in [1.82, 2.24) is 15.1 Å². The largest absolute Gasteiger partial charge is 0.331 e. The highest BCUT2D eigenvalue weighted by Gasteiger charge is 2.25. The number of urea groups is 1. The summed E-state index contributed by atoms with van der Waals surface area (Å²) in [5.41, 5.74) is 2.70. The SMILES string of the molecule is CN1CCN(C(=O)NC2CCCc3ccccc32)CC1. The van der Waals surface area contributed by atoms with Crippen LogP contribution >= 0.6 is 0 Å². The summed E-state index contributed by atoms with van der Waals surface area (Å²) in [6.45, 7) is 3.59. The molecule has 1 aromatic carbocycles. The number of benzene rings is 1. The van der Waals surface area contributed by atoms with Gasteiger partial charge < -0.3 is 15.1 Å². The Hall–Kier alpha value is -1.55. The first-order valence-electron chi connectivity index (χ1n) is 7.56. The van der Waals surface area contributed by atoms with E-state index in [9.17, 15) is 4.79 Å². The van der Waals surface area contributed by atoms with Gasteiger partial charge in [0.2, 0.25) is 0 Å². The fourth-order valence-corrected chi connectivity index (χ4v) is 3.15. The summed E-state index contributed by atoms with van der Waals surface area (Å²) in [6, 6.07) is 8.78. The molecule has 0 saturated carbocycles. The predicted molar refractivity (Wildman–Crippen MR) is 79.7 cm³/mol. The monoisotopic (exact) mass is 273 g/mol. The molecule has 4 heteroatoms. The standard InChI is InChI=1S/C16H23N3O/c1-18-9-11-19(12-10-18)16(20)17-15-8-4-6-13-5-2-3-7-14(13)15/h2-3,5,7,15H,4,6,8-12H2,1H3,(H,17,20). The molecule has 3 rings (SSSR count). The molecule has 4 nitrogen and oxygen atoms in total. The average Bonchev–Trinajstić information content (AvgIpc) is 2.48. The van der Waals surface area contributed by atoms with Gasteiger partial charge in [0.15, 0.2) is 0 Å². The zero-order valence-electron chi connectivity index (χ0n) is 12.1. The van der Waals surface area contributed by atoms with Crippen LogP contribution < -0.4 is 5.32 Å². The number of nitrogens with one attached hydrogen (secondary N) is 1. The van der Waals surface area contributed by atoms with Gasteiger partial charge in [-0.2, -0.15) is 0 Å². The van der Waals surface area contributed by atoms with Gasteiger partial charge in [0, 0.05) is 26.2 Å². The van der Waals surface area contributed by atoms with E-state index in [0.717, 1.165) is 45.4 Å². The minimum Gasteiger partial charge on any atom is -0.331 e. The zero-order valence-corrected chi connectivity index (χ0v) is 12.1. The highest BCUT2D eigenvalue weighted by molar-refractivity contribution is 5.75. The van der Waals surface area contributed by atoms with Crippen molar-refractivity contribution in [2.75, 3.05) is 33.2 Å². The van der Waals surface area contributed by atoms with Crippen LogP contribution in [0.4, 0.5) is 4.79 Å². The molecular weight excluding hydrogens is 250 g/mol. The summed E-state index contributed by atoms with van der Waals surface area (Å²) in [6.07, 6.45) is 3.35. The third kappa shape index (κ3) is 2.80. The van der Waals surface area contributed by atoms with Crippen LogP contribution in [0.1, 0.15) is 30.0 Å². The molecule has 1 heterocycles. The fraction of sp³-hybridized carbons (Fsp3) is 0.562. The van der Waals surface area contributed by atoms with E-state index in [-0.39, 0.29) is 12.1 Å². The Morgan fingerprint density at radius 3 is 2.75 bits per heavy atom. The van der Waals surface area contributed by atoms with Gasteiger partial charge in [-0.15, -0.1) is 0 Å². The highest BCUT2D eigenvalue weighted by atomic mass is 16.2. The normalized spacial score (nSPS) is 23.2.